The van der Waals surface area contributed by atoms with Gasteiger partial charge in [0.25, 0.3) is 5.91 Å². The SMILES string of the molecule is CNC(=O)c1ccc(CN(C)C(=O)Cc2ccc3ccccc3c2)cc1. The molecular weight excluding hydrogens is 324 g/mol. The van der Waals surface area contributed by atoms with Crippen molar-refractivity contribution in [1.82, 2.24) is 10.2 Å². The Bertz CT molecular complexity index is 932. The molecule has 4 nitrogen and oxygen atoms in total. The number of carbonyl (C=O) groups excluding carboxylic acids is 2. The summed E-state index contributed by atoms with van der Waals surface area (Å²) >= 11 is 0. The van der Waals surface area contributed by atoms with Crippen molar-refractivity contribution in [3.05, 3.63) is 83.4 Å². The lowest BCUT2D eigenvalue weighted by molar-refractivity contribution is -0.129. The Morgan fingerprint density at radius 2 is 1.54 bits per heavy atom. The normalized spacial score (nSPS) is 10.5. The van der Waals surface area contributed by atoms with Gasteiger partial charge >= 0.3 is 0 Å². The van der Waals surface area contributed by atoms with E-state index >= 15 is 0 Å². The summed E-state index contributed by atoms with van der Waals surface area (Å²) in [6.45, 7) is 0.514. The maximum Gasteiger partial charge on any atom is 0.251 e. The summed E-state index contributed by atoms with van der Waals surface area (Å²) in [7, 11) is 3.41. The van der Waals surface area contributed by atoms with E-state index in [4.69, 9.17) is 0 Å². The number of benzene rings is 3. The van der Waals surface area contributed by atoms with E-state index in [-0.39, 0.29) is 11.8 Å². The van der Waals surface area contributed by atoms with Crippen LogP contribution in [0.25, 0.3) is 10.8 Å². The van der Waals surface area contributed by atoms with E-state index in [0.717, 1.165) is 16.5 Å². The number of carbonyl (C=O) groups is 2. The summed E-state index contributed by atoms with van der Waals surface area (Å²) < 4.78 is 0. The van der Waals surface area contributed by atoms with Crippen molar-refractivity contribution in [3.8, 4) is 0 Å². The number of nitrogens with one attached hydrogen (secondary N) is 1. The first-order valence-electron chi connectivity index (χ1n) is 8.59. The van der Waals surface area contributed by atoms with Crippen LogP contribution in [0.3, 0.4) is 0 Å². The largest absolute Gasteiger partial charge is 0.355 e. The van der Waals surface area contributed by atoms with Gasteiger partial charge in [0.15, 0.2) is 0 Å². The van der Waals surface area contributed by atoms with Crippen LogP contribution in [-0.4, -0.2) is 30.8 Å². The lowest BCUT2D eigenvalue weighted by Crippen LogP contribution is -2.27. The summed E-state index contributed by atoms with van der Waals surface area (Å²) in [6.07, 6.45) is 0.373. The minimum absolute atomic E-state index is 0.0654. The van der Waals surface area contributed by atoms with Crippen LogP contribution in [0.2, 0.25) is 0 Å². The molecule has 4 heteroatoms. The minimum Gasteiger partial charge on any atom is -0.355 e. The van der Waals surface area contributed by atoms with Crippen LogP contribution in [0, 0.1) is 0 Å². The number of hydrogen-bond donors (Lipinski definition) is 1. The predicted octanol–water partition coefficient (Wildman–Crippen LogP) is 3.40. The molecule has 0 aromatic heterocycles. The Balaban J connectivity index is 1.64. The standard InChI is InChI=1S/C22H22N2O2/c1-23-22(26)19-11-7-16(8-12-19)15-24(2)21(25)14-17-9-10-18-5-3-4-6-20(18)13-17/h3-13H,14-15H2,1-2H3,(H,23,26). The van der Waals surface area contributed by atoms with E-state index in [1.165, 1.54) is 5.39 Å². The van der Waals surface area contributed by atoms with Gasteiger partial charge in [0.1, 0.15) is 0 Å². The van der Waals surface area contributed by atoms with E-state index < -0.39 is 0 Å². The highest BCUT2D eigenvalue weighted by Gasteiger charge is 2.11. The molecule has 3 rings (SSSR count). The Morgan fingerprint density at radius 3 is 2.23 bits per heavy atom. The quantitative estimate of drug-likeness (QED) is 0.770. The number of likely N-dealkylation sites (N-methyl/N-ethyl adjacent to an activating group) is 1. The molecule has 0 fully saturated rings. The van der Waals surface area contributed by atoms with Gasteiger partial charge in [-0.1, -0.05) is 54.6 Å². The van der Waals surface area contributed by atoms with Gasteiger partial charge in [-0.25, -0.2) is 0 Å². The molecule has 0 saturated heterocycles. The smallest absolute Gasteiger partial charge is 0.251 e. The lowest BCUT2D eigenvalue weighted by Gasteiger charge is -2.18. The molecule has 0 aliphatic rings. The van der Waals surface area contributed by atoms with Crippen LogP contribution in [0.5, 0.6) is 0 Å². The average molecular weight is 346 g/mol. The van der Waals surface area contributed by atoms with Crippen LogP contribution in [-0.2, 0) is 17.8 Å². The highest BCUT2D eigenvalue weighted by atomic mass is 16.2. The molecule has 0 unspecified atom stereocenters. The molecule has 26 heavy (non-hydrogen) atoms. The summed E-state index contributed by atoms with van der Waals surface area (Å²) in [6, 6.07) is 21.6. The highest BCUT2D eigenvalue weighted by Crippen LogP contribution is 2.17. The number of nitrogens with zero attached hydrogens (tertiary/aromatic N) is 1. The van der Waals surface area contributed by atoms with Crippen molar-refractivity contribution < 1.29 is 9.59 Å². The van der Waals surface area contributed by atoms with Crippen molar-refractivity contribution in [2.75, 3.05) is 14.1 Å². The van der Waals surface area contributed by atoms with Crippen molar-refractivity contribution in [3.63, 3.8) is 0 Å². The summed E-state index contributed by atoms with van der Waals surface area (Å²) in [5, 5.41) is 4.91. The van der Waals surface area contributed by atoms with Gasteiger partial charge in [-0.05, 0) is 34.0 Å². The van der Waals surface area contributed by atoms with Crippen LogP contribution < -0.4 is 5.32 Å². The van der Waals surface area contributed by atoms with Crippen LogP contribution in [0.1, 0.15) is 21.5 Å². The van der Waals surface area contributed by atoms with Crippen LogP contribution >= 0.6 is 0 Å². The number of hydrogen-bond acceptors (Lipinski definition) is 2. The van der Waals surface area contributed by atoms with Gasteiger partial charge in [0.05, 0.1) is 6.42 Å². The van der Waals surface area contributed by atoms with Crippen molar-refractivity contribution in [2.45, 2.75) is 13.0 Å². The molecule has 1 N–H and O–H groups in total. The second kappa shape index (κ2) is 7.83. The zero-order valence-electron chi connectivity index (χ0n) is 15.0. The molecule has 0 aliphatic carbocycles. The molecule has 0 heterocycles. The monoisotopic (exact) mass is 346 g/mol. The molecular formula is C22H22N2O2. The molecule has 0 aliphatic heterocycles. The van der Waals surface area contributed by atoms with Gasteiger partial charge in [0.2, 0.25) is 5.91 Å². The Morgan fingerprint density at radius 1 is 0.885 bits per heavy atom. The van der Waals surface area contributed by atoms with E-state index in [1.807, 2.05) is 30.3 Å². The Hall–Kier alpha value is -3.14. The Labute approximate surface area is 153 Å². The summed E-state index contributed by atoms with van der Waals surface area (Å²) in [4.78, 5) is 25.8. The minimum atomic E-state index is -0.114. The molecule has 0 saturated carbocycles. The van der Waals surface area contributed by atoms with Gasteiger partial charge < -0.3 is 10.2 Å². The van der Waals surface area contributed by atoms with E-state index in [1.54, 1.807) is 31.1 Å². The third-order valence-electron chi connectivity index (χ3n) is 4.46. The van der Waals surface area contributed by atoms with Gasteiger partial charge in [-0.15, -0.1) is 0 Å². The third-order valence-corrected chi connectivity index (χ3v) is 4.46. The first-order chi connectivity index (χ1) is 12.6. The molecule has 2 amide bonds. The maximum absolute atomic E-state index is 12.5. The van der Waals surface area contributed by atoms with Gasteiger partial charge in [-0.3, -0.25) is 9.59 Å². The second-order valence-electron chi connectivity index (χ2n) is 6.38. The fourth-order valence-electron chi connectivity index (χ4n) is 2.93. The molecule has 0 bridgehead atoms. The average Bonchev–Trinajstić information content (AvgIpc) is 2.67. The first-order valence-corrected chi connectivity index (χ1v) is 8.59. The third kappa shape index (κ3) is 4.09. The number of amides is 2. The fourth-order valence-corrected chi connectivity index (χ4v) is 2.93. The molecule has 3 aromatic carbocycles. The molecule has 0 atom stereocenters. The van der Waals surface area contributed by atoms with Crippen molar-refractivity contribution in [2.24, 2.45) is 0 Å². The topological polar surface area (TPSA) is 49.4 Å². The first kappa shape index (κ1) is 17.7. The van der Waals surface area contributed by atoms with Crippen LogP contribution in [0.15, 0.2) is 66.7 Å². The second-order valence-corrected chi connectivity index (χ2v) is 6.38. The predicted molar refractivity (Wildman–Crippen MR) is 104 cm³/mol. The molecule has 0 radical (unpaired) electrons. The number of fused-ring (bicyclic) bond motifs is 1. The molecule has 132 valence electrons. The number of rotatable bonds is 5. The summed E-state index contributed by atoms with van der Waals surface area (Å²) in [5.74, 6) is -0.0482. The van der Waals surface area contributed by atoms with Crippen molar-refractivity contribution >= 4 is 22.6 Å². The van der Waals surface area contributed by atoms with E-state index in [9.17, 15) is 9.59 Å². The molecule has 3 aromatic rings. The van der Waals surface area contributed by atoms with Gasteiger partial charge in [-0.2, -0.15) is 0 Å². The zero-order chi connectivity index (χ0) is 18.5. The zero-order valence-corrected chi connectivity index (χ0v) is 15.0. The highest BCUT2D eigenvalue weighted by molar-refractivity contribution is 5.94. The van der Waals surface area contributed by atoms with Crippen LogP contribution in [0.4, 0.5) is 0 Å². The van der Waals surface area contributed by atoms with E-state index in [0.29, 0.717) is 18.5 Å². The fraction of sp³-hybridized carbons (Fsp3) is 0.182. The maximum atomic E-state index is 12.5. The van der Waals surface area contributed by atoms with Gasteiger partial charge in [0, 0.05) is 26.2 Å². The molecule has 0 spiro atoms. The van der Waals surface area contributed by atoms with E-state index in [2.05, 4.69) is 29.6 Å². The van der Waals surface area contributed by atoms with Crippen molar-refractivity contribution in [1.29, 1.82) is 0 Å². The summed E-state index contributed by atoms with van der Waals surface area (Å²) in [5.41, 5.74) is 2.61. The lowest BCUT2D eigenvalue weighted by atomic mass is 10.0. The Kier molecular flexibility index (Phi) is 5.32.